The predicted octanol–water partition coefficient (Wildman–Crippen LogP) is 2.97. The lowest BCUT2D eigenvalue weighted by atomic mass is 10.2. The number of hydrogen-bond acceptors (Lipinski definition) is 4. The van der Waals surface area contributed by atoms with Crippen molar-refractivity contribution in [3.05, 3.63) is 59.4 Å². The Balaban J connectivity index is 1.80. The summed E-state index contributed by atoms with van der Waals surface area (Å²) in [5, 5.41) is 1.98. The molecule has 0 fully saturated rings. The lowest BCUT2D eigenvalue weighted by Crippen LogP contribution is -2.24. The molecule has 8 heteroatoms. The van der Waals surface area contributed by atoms with E-state index in [9.17, 15) is 22.8 Å². The first-order valence-corrected chi connectivity index (χ1v) is 7.15. The SMILES string of the molecule is Cc1cccc(OCC(=O)OCC(=O)Nc2ccc(F)c(F)c2F)c1. The van der Waals surface area contributed by atoms with Crippen LogP contribution in [0.1, 0.15) is 5.56 Å². The summed E-state index contributed by atoms with van der Waals surface area (Å²) >= 11 is 0. The predicted molar refractivity (Wildman–Crippen MR) is 82.6 cm³/mol. The molecule has 0 radical (unpaired) electrons. The van der Waals surface area contributed by atoms with E-state index in [1.807, 2.05) is 18.3 Å². The minimum atomic E-state index is -1.71. The van der Waals surface area contributed by atoms with E-state index in [-0.39, 0.29) is 0 Å². The van der Waals surface area contributed by atoms with Crippen molar-refractivity contribution in [2.45, 2.75) is 6.92 Å². The van der Waals surface area contributed by atoms with Gasteiger partial charge in [0, 0.05) is 0 Å². The van der Waals surface area contributed by atoms with Crippen molar-refractivity contribution in [2.75, 3.05) is 18.5 Å². The van der Waals surface area contributed by atoms with Crippen LogP contribution in [0.25, 0.3) is 0 Å². The molecule has 0 atom stereocenters. The van der Waals surface area contributed by atoms with Crippen LogP contribution >= 0.6 is 0 Å². The van der Waals surface area contributed by atoms with Crippen LogP contribution in [0.2, 0.25) is 0 Å². The Hall–Kier alpha value is -3.03. The summed E-state index contributed by atoms with van der Waals surface area (Å²) in [6.45, 7) is 0.706. The van der Waals surface area contributed by atoms with Crippen LogP contribution in [0.3, 0.4) is 0 Å². The largest absolute Gasteiger partial charge is 0.482 e. The lowest BCUT2D eigenvalue weighted by molar-refractivity contribution is -0.149. The van der Waals surface area contributed by atoms with Gasteiger partial charge < -0.3 is 14.8 Å². The van der Waals surface area contributed by atoms with E-state index in [1.54, 1.807) is 18.2 Å². The number of hydrogen-bond donors (Lipinski definition) is 1. The van der Waals surface area contributed by atoms with Crippen LogP contribution in [0.15, 0.2) is 36.4 Å². The van der Waals surface area contributed by atoms with E-state index in [4.69, 9.17) is 4.74 Å². The molecule has 0 aromatic heterocycles. The Labute approximate surface area is 141 Å². The number of halogens is 3. The van der Waals surface area contributed by atoms with E-state index in [0.29, 0.717) is 11.8 Å². The molecule has 2 aromatic rings. The van der Waals surface area contributed by atoms with Crippen molar-refractivity contribution in [1.29, 1.82) is 0 Å². The molecule has 0 aliphatic rings. The van der Waals surface area contributed by atoms with E-state index in [1.165, 1.54) is 0 Å². The fourth-order valence-electron chi connectivity index (χ4n) is 1.84. The zero-order valence-corrected chi connectivity index (χ0v) is 13.1. The molecule has 0 aliphatic heterocycles. The second-order valence-corrected chi connectivity index (χ2v) is 5.04. The van der Waals surface area contributed by atoms with Crippen molar-refractivity contribution in [1.82, 2.24) is 0 Å². The highest BCUT2D eigenvalue weighted by Crippen LogP contribution is 2.19. The van der Waals surface area contributed by atoms with Crippen molar-refractivity contribution in [2.24, 2.45) is 0 Å². The van der Waals surface area contributed by atoms with Gasteiger partial charge in [0.2, 0.25) is 0 Å². The van der Waals surface area contributed by atoms with Crippen LogP contribution in [-0.2, 0) is 14.3 Å². The number of carbonyl (C=O) groups is 2. The molecule has 0 saturated carbocycles. The van der Waals surface area contributed by atoms with E-state index < -0.39 is 48.2 Å². The zero-order chi connectivity index (χ0) is 18.4. The maximum absolute atomic E-state index is 13.4. The summed E-state index contributed by atoms with van der Waals surface area (Å²) in [7, 11) is 0. The van der Waals surface area contributed by atoms with Crippen molar-refractivity contribution < 1.29 is 32.2 Å². The average Bonchev–Trinajstić information content (AvgIpc) is 2.59. The smallest absolute Gasteiger partial charge is 0.344 e. The molecule has 0 aliphatic carbocycles. The molecule has 2 aromatic carbocycles. The maximum atomic E-state index is 13.4. The fraction of sp³-hybridized carbons (Fsp3) is 0.176. The van der Waals surface area contributed by atoms with Gasteiger partial charge in [-0.1, -0.05) is 12.1 Å². The van der Waals surface area contributed by atoms with Crippen LogP contribution in [0.5, 0.6) is 5.75 Å². The molecule has 1 N–H and O–H groups in total. The highest BCUT2D eigenvalue weighted by atomic mass is 19.2. The van der Waals surface area contributed by atoms with Gasteiger partial charge in [0.05, 0.1) is 5.69 Å². The topological polar surface area (TPSA) is 64.6 Å². The fourth-order valence-corrected chi connectivity index (χ4v) is 1.84. The number of carbonyl (C=O) groups excluding carboxylic acids is 2. The van der Waals surface area contributed by atoms with Crippen LogP contribution < -0.4 is 10.1 Å². The van der Waals surface area contributed by atoms with Crippen LogP contribution in [0.4, 0.5) is 18.9 Å². The summed E-state index contributed by atoms with van der Waals surface area (Å²) in [4.78, 5) is 23.1. The Bertz CT molecular complexity index is 795. The van der Waals surface area contributed by atoms with Gasteiger partial charge in [-0.05, 0) is 36.8 Å². The standard InChI is InChI=1S/C17H14F3NO4/c1-10-3-2-4-11(7-10)24-9-15(23)25-8-14(22)21-13-6-5-12(18)16(19)17(13)20/h2-7H,8-9H2,1H3,(H,21,22). The quantitative estimate of drug-likeness (QED) is 0.641. The molecule has 1 amide bonds. The van der Waals surface area contributed by atoms with Crippen molar-refractivity contribution in [3.63, 3.8) is 0 Å². The monoisotopic (exact) mass is 353 g/mol. The third-order valence-electron chi connectivity index (χ3n) is 3.02. The van der Waals surface area contributed by atoms with Crippen molar-refractivity contribution in [3.8, 4) is 5.75 Å². The zero-order valence-electron chi connectivity index (χ0n) is 13.1. The molecule has 0 heterocycles. The molecule has 132 valence electrons. The maximum Gasteiger partial charge on any atom is 0.344 e. The minimum absolute atomic E-state index is 0.420. The Kier molecular flexibility index (Phi) is 5.99. The van der Waals surface area contributed by atoms with Gasteiger partial charge in [0.25, 0.3) is 5.91 Å². The number of esters is 1. The van der Waals surface area contributed by atoms with E-state index >= 15 is 0 Å². The molecular weight excluding hydrogens is 339 g/mol. The van der Waals surface area contributed by atoms with Gasteiger partial charge in [0.15, 0.2) is 30.7 Å². The second kappa shape index (κ2) is 8.18. The Morgan fingerprint density at radius 1 is 1.04 bits per heavy atom. The van der Waals surface area contributed by atoms with Gasteiger partial charge in [-0.15, -0.1) is 0 Å². The number of benzene rings is 2. The van der Waals surface area contributed by atoms with Gasteiger partial charge in [-0.2, -0.15) is 0 Å². The molecule has 0 bridgehead atoms. The van der Waals surface area contributed by atoms with Gasteiger partial charge in [-0.25, -0.2) is 18.0 Å². The van der Waals surface area contributed by atoms with Crippen LogP contribution in [-0.4, -0.2) is 25.1 Å². The minimum Gasteiger partial charge on any atom is -0.482 e. The Morgan fingerprint density at radius 2 is 1.80 bits per heavy atom. The molecule has 0 spiro atoms. The normalized spacial score (nSPS) is 10.2. The number of ether oxygens (including phenoxy) is 2. The lowest BCUT2D eigenvalue weighted by Gasteiger charge is -2.09. The first-order chi connectivity index (χ1) is 11.9. The summed E-state index contributed by atoms with van der Waals surface area (Å²) < 4.78 is 49.1. The van der Waals surface area contributed by atoms with E-state index in [0.717, 1.165) is 11.6 Å². The molecular formula is C17H14F3NO4. The molecule has 5 nitrogen and oxygen atoms in total. The highest BCUT2D eigenvalue weighted by Gasteiger charge is 2.16. The molecule has 25 heavy (non-hydrogen) atoms. The number of nitrogens with one attached hydrogen (secondary N) is 1. The highest BCUT2D eigenvalue weighted by molar-refractivity contribution is 5.93. The number of anilines is 1. The third kappa shape index (κ3) is 5.23. The first-order valence-electron chi connectivity index (χ1n) is 7.15. The van der Waals surface area contributed by atoms with E-state index in [2.05, 4.69) is 4.74 Å². The summed E-state index contributed by atoms with van der Waals surface area (Å²) in [6.07, 6.45) is 0. The molecule has 2 rings (SSSR count). The summed E-state index contributed by atoms with van der Waals surface area (Å²) in [5.41, 5.74) is 0.384. The third-order valence-corrected chi connectivity index (χ3v) is 3.02. The van der Waals surface area contributed by atoms with Crippen molar-refractivity contribution >= 4 is 17.6 Å². The Morgan fingerprint density at radius 3 is 2.52 bits per heavy atom. The second-order valence-electron chi connectivity index (χ2n) is 5.04. The van der Waals surface area contributed by atoms with Gasteiger partial charge in [-0.3, -0.25) is 4.79 Å². The molecule has 0 unspecified atom stereocenters. The first kappa shape index (κ1) is 18.3. The van der Waals surface area contributed by atoms with Gasteiger partial charge in [0.1, 0.15) is 5.75 Å². The summed E-state index contributed by atoms with van der Waals surface area (Å²) in [6, 6.07) is 8.49. The molecule has 0 saturated heterocycles. The van der Waals surface area contributed by atoms with Gasteiger partial charge >= 0.3 is 5.97 Å². The van der Waals surface area contributed by atoms with Crippen LogP contribution in [0, 0.1) is 24.4 Å². The average molecular weight is 353 g/mol. The number of aryl methyl sites for hydroxylation is 1. The summed E-state index contributed by atoms with van der Waals surface area (Å²) in [5.74, 6) is -5.89. The number of amides is 1. The number of rotatable bonds is 6.